The Bertz CT molecular complexity index is 691. The van der Waals surface area contributed by atoms with Crippen molar-refractivity contribution in [2.75, 3.05) is 13.2 Å². The number of nitrogens with zero attached hydrogens (tertiary/aromatic N) is 1. The van der Waals surface area contributed by atoms with E-state index in [0.717, 1.165) is 0 Å². The highest BCUT2D eigenvalue weighted by Crippen LogP contribution is 2.31. The van der Waals surface area contributed by atoms with Crippen LogP contribution in [0.2, 0.25) is 0 Å². The van der Waals surface area contributed by atoms with E-state index in [4.69, 9.17) is 18.9 Å². The first-order chi connectivity index (χ1) is 12.0. The Morgan fingerprint density at radius 2 is 1.80 bits per heavy atom. The van der Waals surface area contributed by atoms with Gasteiger partial charge in [-0.05, 0) is 12.1 Å². The van der Waals surface area contributed by atoms with Crippen molar-refractivity contribution in [1.82, 2.24) is 0 Å². The van der Waals surface area contributed by atoms with Crippen LogP contribution in [-0.2, 0) is 23.8 Å². The van der Waals surface area contributed by atoms with Crippen LogP contribution in [0.25, 0.3) is 0 Å². The maximum atomic E-state index is 12.4. The number of rotatable bonds is 5. The number of hydrogen-bond donors (Lipinski definition) is 0. The zero-order chi connectivity index (χ0) is 18.0. The molecule has 0 N–H and O–H groups in total. The van der Waals surface area contributed by atoms with Gasteiger partial charge in [0.1, 0.15) is 23.5 Å². The fourth-order valence-electron chi connectivity index (χ4n) is 2.81. The van der Waals surface area contributed by atoms with Crippen molar-refractivity contribution >= 4 is 11.9 Å². The summed E-state index contributed by atoms with van der Waals surface area (Å²) >= 11 is 0. The van der Waals surface area contributed by atoms with E-state index in [1.165, 1.54) is 19.1 Å². The van der Waals surface area contributed by atoms with Gasteiger partial charge in [-0.1, -0.05) is 12.1 Å². The van der Waals surface area contributed by atoms with Gasteiger partial charge in [-0.2, -0.15) is 0 Å². The van der Waals surface area contributed by atoms with Crippen LogP contribution in [0.4, 0.5) is 0 Å². The monoisotopic (exact) mass is 353 g/mol. The minimum atomic E-state index is -0.908. The first kappa shape index (κ1) is 17.1. The Morgan fingerprint density at radius 1 is 1.16 bits per heavy atom. The second-order valence-corrected chi connectivity index (χ2v) is 5.50. The third-order valence-corrected chi connectivity index (χ3v) is 3.80. The second-order valence-electron chi connectivity index (χ2n) is 5.50. The van der Waals surface area contributed by atoms with Crippen LogP contribution in [0.3, 0.4) is 0 Å². The summed E-state index contributed by atoms with van der Waals surface area (Å²) < 4.78 is 21.2. The van der Waals surface area contributed by atoms with Gasteiger partial charge >= 0.3 is 11.9 Å². The van der Waals surface area contributed by atoms with E-state index in [2.05, 4.69) is 4.84 Å². The summed E-state index contributed by atoms with van der Waals surface area (Å²) in [5.74, 6) is -1.20. The van der Waals surface area contributed by atoms with Gasteiger partial charge in [0.2, 0.25) is 0 Å². The van der Waals surface area contributed by atoms with Crippen LogP contribution in [0.5, 0.6) is 5.75 Å². The minimum absolute atomic E-state index is 0.0222. The summed E-state index contributed by atoms with van der Waals surface area (Å²) in [4.78, 5) is 38.5. The van der Waals surface area contributed by atoms with E-state index in [1.54, 1.807) is 12.1 Å². The highest BCUT2D eigenvalue weighted by Gasteiger charge is 2.51. The fraction of sp³-hybridized carbons (Fsp3) is 0.467. The molecular formula is C15H15NO9. The van der Waals surface area contributed by atoms with Crippen LogP contribution < -0.4 is 4.74 Å². The molecule has 10 heteroatoms. The zero-order valence-corrected chi connectivity index (χ0v) is 13.2. The molecule has 2 heterocycles. The predicted molar refractivity (Wildman–Crippen MR) is 78.3 cm³/mol. The fourth-order valence-corrected chi connectivity index (χ4v) is 2.81. The molecule has 2 aliphatic rings. The molecule has 0 aromatic heterocycles. The molecular weight excluding hydrogens is 338 g/mol. The molecule has 1 aromatic carbocycles. The lowest BCUT2D eigenvalue weighted by molar-refractivity contribution is -0.769. The molecule has 2 fully saturated rings. The normalized spacial score (nSPS) is 27.4. The highest BCUT2D eigenvalue weighted by atomic mass is 17.0. The van der Waals surface area contributed by atoms with E-state index in [9.17, 15) is 19.7 Å². The molecule has 4 atom stereocenters. The number of para-hydroxylation sites is 1. The molecule has 3 rings (SSSR count). The zero-order valence-electron chi connectivity index (χ0n) is 13.2. The van der Waals surface area contributed by atoms with Gasteiger partial charge in [0.05, 0.1) is 13.2 Å². The average molecular weight is 353 g/mol. The van der Waals surface area contributed by atoms with Crippen molar-refractivity contribution in [3.63, 3.8) is 0 Å². The molecule has 0 unspecified atom stereocenters. The Labute approximate surface area is 141 Å². The Balaban J connectivity index is 1.67. The SMILES string of the molecule is CC(=O)Oc1ccccc1C(=O)O[C@@H]1CO[C@@H]2[C@H]1OC[C@@H]2O[N+](=O)[O-]. The molecule has 0 aliphatic carbocycles. The quantitative estimate of drug-likeness (QED) is 0.322. The van der Waals surface area contributed by atoms with Gasteiger partial charge in [-0.25, -0.2) is 4.79 Å². The van der Waals surface area contributed by atoms with Crippen molar-refractivity contribution in [2.24, 2.45) is 0 Å². The smallest absolute Gasteiger partial charge is 0.342 e. The predicted octanol–water partition coefficient (Wildman–Crippen LogP) is 0.512. The summed E-state index contributed by atoms with van der Waals surface area (Å²) in [6, 6.07) is 6.15. The lowest BCUT2D eigenvalue weighted by Crippen LogP contribution is -2.35. The van der Waals surface area contributed by atoms with E-state index in [0.29, 0.717) is 0 Å². The molecule has 0 bridgehead atoms. The number of benzene rings is 1. The van der Waals surface area contributed by atoms with E-state index < -0.39 is 41.4 Å². The standard InChI is InChI=1S/C15H15NO9/c1-8(17)23-10-5-3-2-4-9(10)15(18)24-11-6-21-14-12(25-16(19)20)7-22-13(11)14/h2-5,11-14H,6-7H2,1H3/t11-,12+,13+,14+/m1/s1. The van der Waals surface area contributed by atoms with Gasteiger partial charge < -0.3 is 23.8 Å². The maximum Gasteiger partial charge on any atom is 0.342 e. The summed E-state index contributed by atoms with van der Waals surface area (Å²) in [5.41, 5.74) is 0.0808. The van der Waals surface area contributed by atoms with Gasteiger partial charge in [0.25, 0.3) is 5.09 Å². The Kier molecular flexibility index (Phi) is 4.81. The lowest BCUT2D eigenvalue weighted by Gasteiger charge is -2.17. The first-order valence-corrected chi connectivity index (χ1v) is 7.48. The van der Waals surface area contributed by atoms with Gasteiger partial charge in [-0.15, -0.1) is 10.1 Å². The topological polar surface area (TPSA) is 123 Å². The van der Waals surface area contributed by atoms with Gasteiger partial charge in [0, 0.05) is 6.92 Å². The Morgan fingerprint density at radius 3 is 2.48 bits per heavy atom. The molecule has 25 heavy (non-hydrogen) atoms. The first-order valence-electron chi connectivity index (χ1n) is 7.48. The summed E-state index contributed by atoms with van der Waals surface area (Å²) in [7, 11) is 0. The summed E-state index contributed by atoms with van der Waals surface area (Å²) in [6.07, 6.45) is -2.96. The molecule has 2 saturated heterocycles. The molecule has 0 amide bonds. The van der Waals surface area contributed by atoms with Gasteiger partial charge in [0.15, 0.2) is 12.2 Å². The number of hydrogen-bond acceptors (Lipinski definition) is 9. The number of ether oxygens (including phenoxy) is 4. The largest absolute Gasteiger partial charge is 0.453 e. The summed E-state index contributed by atoms with van der Waals surface area (Å²) in [5, 5.41) is 9.55. The van der Waals surface area contributed by atoms with Crippen LogP contribution in [0.15, 0.2) is 24.3 Å². The molecule has 10 nitrogen and oxygen atoms in total. The van der Waals surface area contributed by atoms with Crippen molar-refractivity contribution in [3.05, 3.63) is 39.9 Å². The minimum Gasteiger partial charge on any atom is -0.453 e. The summed E-state index contributed by atoms with van der Waals surface area (Å²) in [6.45, 7) is 1.21. The van der Waals surface area contributed by atoms with Crippen molar-refractivity contribution in [1.29, 1.82) is 0 Å². The van der Waals surface area contributed by atoms with Crippen molar-refractivity contribution in [2.45, 2.75) is 31.3 Å². The number of carbonyl (C=O) groups is 2. The van der Waals surface area contributed by atoms with Crippen molar-refractivity contribution in [3.8, 4) is 5.75 Å². The van der Waals surface area contributed by atoms with Crippen molar-refractivity contribution < 1.29 is 38.5 Å². The molecule has 2 aliphatic heterocycles. The third-order valence-electron chi connectivity index (χ3n) is 3.80. The van der Waals surface area contributed by atoms with Crippen LogP contribution in [0, 0.1) is 10.1 Å². The molecule has 0 spiro atoms. The number of carbonyl (C=O) groups excluding carboxylic acids is 2. The van der Waals surface area contributed by atoms with E-state index in [-0.39, 0.29) is 24.5 Å². The molecule has 0 saturated carbocycles. The van der Waals surface area contributed by atoms with Crippen LogP contribution in [0.1, 0.15) is 17.3 Å². The van der Waals surface area contributed by atoms with E-state index in [1.807, 2.05) is 0 Å². The van der Waals surface area contributed by atoms with Crippen LogP contribution in [-0.4, -0.2) is 54.7 Å². The van der Waals surface area contributed by atoms with E-state index >= 15 is 0 Å². The molecule has 1 aromatic rings. The molecule has 134 valence electrons. The Hall–Kier alpha value is -2.72. The number of esters is 2. The maximum absolute atomic E-state index is 12.4. The van der Waals surface area contributed by atoms with Crippen LogP contribution >= 0.6 is 0 Å². The second kappa shape index (κ2) is 7.03. The van der Waals surface area contributed by atoms with Gasteiger partial charge in [-0.3, -0.25) is 4.79 Å². The highest BCUT2D eigenvalue weighted by molar-refractivity contribution is 5.93. The number of fused-ring (bicyclic) bond motifs is 1. The third kappa shape index (κ3) is 3.69. The molecule has 0 radical (unpaired) electrons. The average Bonchev–Trinajstić information content (AvgIpc) is 3.11. The lowest BCUT2D eigenvalue weighted by atomic mass is 10.1.